The predicted molar refractivity (Wildman–Crippen MR) is 151 cm³/mol. The SMILES string of the molecule is CC(=O)CC(=O)Nc1ccccc1.CCO/C=C/C(=O)C(F)(F)F.Cc1nc(C(F)(F)F)ccc1C(=O)Nc1ccccc1. The Morgan fingerprint density at radius 3 is 1.77 bits per heavy atom. The first-order valence-corrected chi connectivity index (χ1v) is 12.7. The summed E-state index contributed by atoms with van der Waals surface area (Å²) in [5, 5.41) is 5.21. The second-order valence-corrected chi connectivity index (χ2v) is 8.56. The van der Waals surface area contributed by atoms with Crippen molar-refractivity contribution in [3.63, 3.8) is 0 Å². The molecule has 0 fully saturated rings. The molecule has 1 aromatic heterocycles. The molecule has 14 heteroatoms. The summed E-state index contributed by atoms with van der Waals surface area (Å²) in [4.78, 5) is 47.1. The summed E-state index contributed by atoms with van der Waals surface area (Å²) in [5.41, 5.74) is 0.423. The maximum absolute atomic E-state index is 12.5. The normalized spacial score (nSPS) is 10.8. The third-order valence-electron chi connectivity index (χ3n) is 4.88. The van der Waals surface area contributed by atoms with Gasteiger partial charge in [0.1, 0.15) is 11.5 Å². The third-order valence-corrected chi connectivity index (χ3v) is 4.88. The lowest BCUT2D eigenvalue weighted by atomic mass is 10.1. The molecular formula is C30H29F6N3O5. The van der Waals surface area contributed by atoms with Crippen molar-refractivity contribution in [2.24, 2.45) is 0 Å². The highest BCUT2D eigenvalue weighted by molar-refractivity contribution is 6.05. The number of rotatable bonds is 8. The van der Waals surface area contributed by atoms with Gasteiger partial charge >= 0.3 is 12.4 Å². The average molecular weight is 626 g/mol. The van der Waals surface area contributed by atoms with E-state index in [1.807, 2.05) is 18.2 Å². The summed E-state index contributed by atoms with van der Waals surface area (Å²) in [5.74, 6) is -2.80. The van der Waals surface area contributed by atoms with E-state index in [1.54, 1.807) is 49.4 Å². The number of nitrogens with zero attached hydrogens (tertiary/aromatic N) is 1. The quantitative estimate of drug-likeness (QED) is 0.121. The number of carbonyl (C=O) groups excluding carboxylic acids is 4. The van der Waals surface area contributed by atoms with E-state index in [4.69, 9.17) is 0 Å². The number of aryl methyl sites for hydroxylation is 1. The second kappa shape index (κ2) is 17.8. The summed E-state index contributed by atoms with van der Waals surface area (Å²) in [6.45, 7) is 4.60. The number of anilines is 2. The van der Waals surface area contributed by atoms with Gasteiger partial charge in [0.15, 0.2) is 0 Å². The number of allylic oxidation sites excluding steroid dienone is 1. The van der Waals surface area contributed by atoms with Gasteiger partial charge in [-0.3, -0.25) is 19.2 Å². The minimum Gasteiger partial charge on any atom is -0.501 e. The van der Waals surface area contributed by atoms with Gasteiger partial charge in [0.25, 0.3) is 11.7 Å². The van der Waals surface area contributed by atoms with Gasteiger partial charge in [0.2, 0.25) is 5.91 Å². The van der Waals surface area contributed by atoms with Gasteiger partial charge in [-0.1, -0.05) is 36.4 Å². The van der Waals surface area contributed by atoms with Crippen LogP contribution in [0.5, 0.6) is 0 Å². The van der Waals surface area contributed by atoms with Crippen molar-refractivity contribution < 1.29 is 50.3 Å². The molecule has 0 unspecified atom stereocenters. The number of hydrogen-bond donors (Lipinski definition) is 2. The number of amides is 2. The van der Waals surface area contributed by atoms with Gasteiger partial charge < -0.3 is 15.4 Å². The number of Topliss-reactive ketones (excluding diaryl/α,β-unsaturated/α-hetero) is 1. The molecule has 44 heavy (non-hydrogen) atoms. The second-order valence-electron chi connectivity index (χ2n) is 8.56. The molecule has 0 aliphatic heterocycles. The zero-order chi connectivity index (χ0) is 33.3. The van der Waals surface area contributed by atoms with E-state index in [0.717, 1.165) is 18.4 Å². The summed E-state index contributed by atoms with van der Waals surface area (Å²) in [6, 6.07) is 19.6. The maximum atomic E-state index is 12.5. The monoisotopic (exact) mass is 625 g/mol. The van der Waals surface area contributed by atoms with Crippen LogP contribution in [0, 0.1) is 6.92 Å². The van der Waals surface area contributed by atoms with Crippen LogP contribution in [-0.4, -0.2) is 41.1 Å². The number of carbonyl (C=O) groups is 4. The Morgan fingerprint density at radius 1 is 0.818 bits per heavy atom. The first kappa shape index (κ1) is 37.0. The first-order valence-electron chi connectivity index (χ1n) is 12.7. The van der Waals surface area contributed by atoms with Crippen molar-refractivity contribution in [3.8, 4) is 0 Å². The lowest BCUT2D eigenvalue weighted by Gasteiger charge is -2.10. The van der Waals surface area contributed by atoms with Crippen molar-refractivity contribution in [3.05, 3.63) is 102 Å². The highest BCUT2D eigenvalue weighted by atomic mass is 19.4. The number of nitrogens with one attached hydrogen (secondary N) is 2. The van der Waals surface area contributed by atoms with E-state index in [-0.39, 0.29) is 36.0 Å². The fourth-order valence-corrected chi connectivity index (χ4v) is 2.93. The Morgan fingerprint density at radius 2 is 1.34 bits per heavy atom. The van der Waals surface area contributed by atoms with E-state index >= 15 is 0 Å². The minimum absolute atomic E-state index is 0.0354. The molecule has 3 rings (SSSR count). The zero-order valence-corrected chi connectivity index (χ0v) is 23.8. The first-order chi connectivity index (χ1) is 20.5. The molecule has 3 aromatic rings. The smallest absolute Gasteiger partial charge is 0.454 e. The summed E-state index contributed by atoms with van der Waals surface area (Å²) < 4.78 is 76.1. The molecule has 0 aliphatic rings. The van der Waals surface area contributed by atoms with E-state index in [2.05, 4.69) is 20.4 Å². The van der Waals surface area contributed by atoms with Gasteiger partial charge in [0, 0.05) is 17.5 Å². The molecular weight excluding hydrogens is 596 g/mol. The van der Waals surface area contributed by atoms with Crippen molar-refractivity contribution in [2.45, 2.75) is 39.5 Å². The van der Waals surface area contributed by atoms with Crippen molar-refractivity contribution in [1.29, 1.82) is 0 Å². The number of ether oxygens (including phenoxy) is 1. The zero-order valence-electron chi connectivity index (χ0n) is 23.8. The fourth-order valence-electron chi connectivity index (χ4n) is 2.93. The molecule has 1 heterocycles. The Hall–Kier alpha value is -5.01. The van der Waals surface area contributed by atoms with Gasteiger partial charge in [-0.2, -0.15) is 26.3 Å². The minimum atomic E-state index is -4.80. The molecule has 2 amide bonds. The molecule has 0 saturated carbocycles. The molecule has 0 saturated heterocycles. The van der Waals surface area contributed by atoms with Crippen LogP contribution in [0.4, 0.5) is 37.7 Å². The molecule has 0 atom stereocenters. The topological polar surface area (TPSA) is 114 Å². The molecule has 8 nitrogen and oxygen atoms in total. The highest BCUT2D eigenvalue weighted by Gasteiger charge is 2.36. The Kier molecular flexibility index (Phi) is 15.0. The van der Waals surface area contributed by atoms with Gasteiger partial charge in [-0.05, 0) is 57.2 Å². The maximum Gasteiger partial charge on any atom is 0.454 e. The van der Waals surface area contributed by atoms with E-state index < -0.39 is 29.7 Å². The molecule has 0 radical (unpaired) electrons. The lowest BCUT2D eigenvalue weighted by molar-refractivity contribution is -0.165. The van der Waals surface area contributed by atoms with Crippen LogP contribution >= 0.6 is 0 Å². The number of aromatic nitrogens is 1. The van der Waals surface area contributed by atoms with Crippen LogP contribution in [-0.2, 0) is 25.3 Å². The number of alkyl halides is 6. The van der Waals surface area contributed by atoms with Gasteiger partial charge in [-0.25, -0.2) is 4.98 Å². The molecule has 0 bridgehead atoms. The number of benzene rings is 2. The molecule has 236 valence electrons. The Bertz CT molecular complexity index is 1410. The molecule has 0 aliphatic carbocycles. The van der Waals surface area contributed by atoms with Crippen LogP contribution in [0.25, 0.3) is 0 Å². The van der Waals surface area contributed by atoms with Crippen LogP contribution in [0.15, 0.2) is 85.1 Å². The number of ketones is 2. The largest absolute Gasteiger partial charge is 0.501 e. The summed E-state index contributed by atoms with van der Waals surface area (Å²) in [6.07, 6.45) is -8.29. The van der Waals surface area contributed by atoms with Gasteiger partial charge in [0.05, 0.1) is 30.5 Å². The van der Waals surface area contributed by atoms with Crippen LogP contribution in [0.1, 0.15) is 42.0 Å². The van der Waals surface area contributed by atoms with Crippen LogP contribution < -0.4 is 10.6 Å². The fraction of sp³-hybridized carbons (Fsp3) is 0.233. The number of para-hydroxylation sites is 2. The third kappa shape index (κ3) is 14.8. The Balaban J connectivity index is 0.000000351. The van der Waals surface area contributed by atoms with Gasteiger partial charge in [-0.15, -0.1) is 0 Å². The van der Waals surface area contributed by atoms with Crippen molar-refractivity contribution >= 4 is 34.8 Å². The van der Waals surface area contributed by atoms with E-state index in [1.165, 1.54) is 13.8 Å². The van der Waals surface area contributed by atoms with Crippen molar-refractivity contribution in [2.75, 3.05) is 17.2 Å². The summed E-state index contributed by atoms with van der Waals surface area (Å²) >= 11 is 0. The predicted octanol–water partition coefficient (Wildman–Crippen LogP) is 6.93. The standard InChI is InChI=1S/C14H11F3N2O.C10H11NO2.C6H7F3O2/c1-9-11(7-8-12(18-9)14(15,16)17)13(20)19-10-5-3-2-4-6-10;1-8(12)7-10(13)11-9-5-3-2-4-6-9;1-2-11-4-3-5(10)6(7,8)9/h2-8H,1H3,(H,19,20);2-6H,7H2,1H3,(H,11,13);3-4H,2H2,1H3/b;;4-3+. The lowest BCUT2D eigenvalue weighted by Crippen LogP contribution is -2.19. The van der Waals surface area contributed by atoms with Crippen molar-refractivity contribution in [1.82, 2.24) is 4.98 Å². The average Bonchev–Trinajstić information content (AvgIpc) is 2.93. The summed E-state index contributed by atoms with van der Waals surface area (Å²) in [7, 11) is 0. The van der Waals surface area contributed by atoms with Crippen LogP contribution in [0.2, 0.25) is 0 Å². The van der Waals surface area contributed by atoms with E-state index in [9.17, 15) is 45.5 Å². The van der Waals surface area contributed by atoms with Crippen LogP contribution in [0.3, 0.4) is 0 Å². The molecule has 0 spiro atoms. The Labute approximate surface area is 249 Å². The number of hydrogen-bond acceptors (Lipinski definition) is 6. The van der Waals surface area contributed by atoms with E-state index in [0.29, 0.717) is 17.5 Å². The number of halogens is 6. The highest BCUT2D eigenvalue weighted by Crippen LogP contribution is 2.28. The molecule has 2 N–H and O–H groups in total. The molecule has 2 aromatic carbocycles. The number of pyridine rings is 1.